The number of carboxylic acids is 1. The average molecular weight is 537 g/mol. The van der Waals surface area contributed by atoms with Crippen molar-refractivity contribution in [1.29, 1.82) is 0 Å². The van der Waals surface area contributed by atoms with Gasteiger partial charge < -0.3 is 20.5 Å². The van der Waals surface area contributed by atoms with Crippen molar-refractivity contribution in [2.24, 2.45) is 5.92 Å². The van der Waals surface area contributed by atoms with Gasteiger partial charge in [-0.2, -0.15) is 0 Å². The summed E-state index contributed by atoms with van der Waals surface area (Å²) in [4.78, 5) is 36.9. The van der Waals surface area contributed by atoms with Gasteiger partial charge in [0.15, 0.2) is 0 Å². The normalized spacial score (nSPS) is 13.0. The highest BCUT2D eigenvalue weighted by atomic mass is 79.9. The van der Waals surface area contributed by atoms with Crippen LogP contribution in [0, 0.1) is 5.92 Å². The lowest BCUT2D eigenvalue weighted by Gasteiger charge is -2.22. The van der Waals surface area contributed by atoms with Gasteiger partial charge in [-0.15, -0.1) is 0 Å². The Labute approximate surface area is 211 Å². The molecule has 3 aromatic rings. The van der Waals surface area contributed by atoms with Gasteiger partial charge in [-0.1, -0.05) is 62.4 Å². The van der Waals surface area contributed by atoms with Crippen LogP contribution in [0.1, 0.15) is 41.3 Å². The number of hydrogen-bond acceptors (Lipinski definition) is 4. The molecule has 0 spiro atoms. The van der Waals surface area contributed by atoms with Crippen LogP contribution in [0.2, 0.25) is 0 Å². The van der Waals surface area contributed by atoms with Crippen LogP contribution in [0.15, 0.2) is 71.2 Å². The number of nitrogens with one attached hydrogen (secondary N) is 2. The molecule has 1 atom stereocenters. The quantitative estimate of drug-likeness (QED) is 0.362. The van der Waals surface area contributed by atoms with Crippen molar-refractivity contribution in [3.05, 3.63) is 87.9 Å². The molecule has 0 unspecified atom stereocenters. The number of rotatable bonds is 7. The van der Waals surface area contributed by atoms with E-state index in [1.165, 1.54) is 12.1 Å². The number of carboxylic acid groups (broad SMARTS) is 1. The third-order valence-corrected chi connectivity index (χ3v) is 6.73. The summed E-state index contributed by atoms with van der Waals surface area (Å²) >= 11 is 3.31. The van der Waals surface area contributed by atoms with Crippen LogP contribution < -0.4 is 10.6 Å². The van der Waals surface area contributed by atoms with Crippen LogP contribution in [-0.2, 0) is 9.53 Å². The largest absolute Gasteiger partial charge is 0.478 e. The number of aromatic carboxylic acids is 1. The molecule has 0 heterocycles. The first-order valence-electron chi connectivity index (χ1n) is 11.2. The highest BCUT2D eigenvalue weighted by Crippen LogP contribution is 2.44. The zero-order valence-electron chi connectivity index (χ0n) is 19.2. The first-order chi connectivity index (χ1) is 16.8. The molecule has 1 aliphatic carbocycles. The maximum atomic E-state index is 13.0. The second-order valence-electron chi connectivity index (χ2n) is 8.68. The van der Waals surface area contributed by atoms with Crippen LogP contribution in [0.25, 0.3) is 11.1 Å². The van der Waals surface area contributed by atoms with Gasteiger partial charge in [0.2, 0.25) is 5.91 Å². The number of anilines is 1. The van der Waals surface area contributed by atoms with E-state index in [1.54, 1.807) is 19.9 Å². The fourth-order valence-corrected chi connectivity index (χ4v) is 4.61. The van der Waals surface area contributed by atoms with Crippen molar-refractivity contribution in [2.45, 2.75) is 25.8 Å². The third-order valence-electron chi connectivity index (χ3n) is 6.04. The summed E-state index contributed by atoms with van der Waals surface area (Å²) < 4.78 is 6.11. The molecule has 3 aromatic carbocycles. The monoisotopic (exact) mass is 536 g/mol. The fourth-order valence-electron chi connectivity index (χ4n) is 4.27. The fraction of sp³-hybridized carbons (Fsp3) is 0.222. The van der Waals surface area contributed by atoms with E-state index in [0.29, 0.717) is 10.2 Å². The van der Waals surface area contributed by atoms with Crippen LogP contribution in [-0.4, -0.2) is 35.7 Å². The summed E-state index contributed by atoms with van der Waals surface area (Å²) in [5.41, 5.74) is 4.80. The van der Waals surface area contributed by atoms with E-state index < -0.39 is 24.0 Å². The van der Waals surface area contributed by atoms with E-state index in [2.05, 4.69) is 38.7 Å². The van der Waals surface area contributed by atoms with Crippen molar-refractivity contribution in [2.75, 3.05) is 11.9 Å². The summed E-state index contributed by atoms with van der Waals surface area (Å²) in [7, 11) is 0. The molecular formula is C27H25BrN2O5. The highest BCUT2D eigenvalue weighted by Gasteiger charge is 2.30. The molecule has 0 saturated heterocycles. The summed E-state index contributed by atoms with van der Waals surface area (Å²) in [6.45, 7) is 3.74. The van der Waals surface area contributed by atoms with E-state index in [0.717, 1.165) is 22.3 Å². The molecule has 0 aliphatic heterocycles. The molecule has 3 N–H and O–H groups in total. The number of halogens is 1. The molecule has 35 heavy (non-hydrogen) atoms. The molecule has 0 bridgehead atoms. The van der Waals surface area contributed by atoms with Crippen LogP contribution >= 0.6 is 15.9 Å². The number of benzene rings is 3. The molecule has 4 rings (SSSR count). The minimum Gasteiger partial charge on any atom is -0.478 e. The van der Waals surface area contributed by atoms with Crippen molar-refractivity contribution >= 4 is 39.6 Å². The number of carbonyl (C=O) groups excluding carboxylic acids is 2. The van der Waals surface area contributed by atoms with E-state index >= 15 is 0 Å². The molecule has 2 amide bonds. The molecular weight excluding hydrogens is 512 g/mol. The number of hydrogen-bond donors (Lipinski definition) is 3. The molecule has 0 saturated carbocycles. The predicted molar refractivity (Wildman–Crippen MR) is 137 cm³/mol. The number of carbonyl (C=O) groups is 3. The maximum Gasteiger partial charge on any atom is 0.407 e. The molecule has 8 heteroatoms. The summed E-state index contributed by atoms with van der Waals surface area (Å²) in [5.74, 6) is -1.91. The first kappa shape index (κ1) is 24.5. The number of amides is 2. The van der Waals surface area contributed by atoms with Gasteiger partial charge in [0.25, 0.3) is 0 Å². The molecule has 0 aromatic heterocycles. The minimum absolute atomic E-state index is 0.0362. The SMILES string of the molecule is CC(C)[C@@H](NC(=O)OCC1c2ccccc2-c2ccccc21)C(=O)Nc1cc(C(=O)O)ccc1Br. The lowest BCUT2D eigenvalue weighted by Crippen LogP contribution is -2.47. The van der Waals surface area contributed by atoms with Gasteiger partial charge in [-0.05, 0) is 62.3 Å². The summed E-state index contributed by atoms with van der Waals surface area (Å²) in [5, 5.41) is 14.6. The average Bonchev–Trinajstić information content (AvgIpc) is 3.16. The Bertz CT molecular complexity index is 1240. The Kier molecular flexibility index (Phi) is 7.21. The van der Waals surface area contributed by atoms with Crippen molar-refractivity contribution in [3.63, 3.8) is 0 Å². The van der Waals surface area contributed by atoms with Gasteiger partial charge in [0, 0.05) is 10.4 Å². The smallest absolute Gasteiger partial charge is 0.407 e. The van der Waals surface area contributed by atoms with Crippen LogP contribution in [0.4, 0.5) is 10.5 Å². The summed E-state index contributed by atoms with van der Waals surface area (Å²) in [6, 6.07) is 19.5. The number of fused-ring (bicyclic) bond motifs is 3. The van der Waals surface area contributed by atoms with Gasteiger partial charge in [0.05, 0.1) is 11.3 Å². The van der Waals surface area contributed by atoms with Crippen molar-refractivity contribution in [1.82, 2.24) is 5.32 Å². The third kappa shape index (κ3) is 5.22. The Morgan fingerprint density at radius 2 is 1.57 bits per heavy atom. The van der Waals surface area contributed by atoms with Gasteiger partial charge in [-0.3, -0.25) is 4.79 Å². The Morgan fingerprint density at radius 1 is 0.971 bits per heavy atom. The molecule has 0 radical (unpaired) electrons. The van der Waals surface area contributed by atoms with E-state index in [1.807, 2.05) is 36.4 Å². The minimum atomic E-state index is -1.11. The molecule has 180 valence electrons. The van der Waals surface area contributed by atoms with Gasteiger partial charge in [-0.25, -0.2) is 9.59 Å². The predicted octanol–water partition coefficient (Wildman–Crippen LogP) is 5.65. The lowest BCUT2D eigenvalue weighted by atomic mass is 9.98. The molecule has 1 aliphatic rings. The van der Waals surface area contributed by atoms with E-state index in [9.17, 15) is 19.5 Å². The number of ether oxygens (including phenoxy) is 1. The Hall–Kier alpha value is -3.65. The van der Waals surface area contributed by atoms with E-state index in [4.69, 9.17) is 4.74 Å². The highest BCUT2D eigenvalue weighted by molar-refractivity contribution is 9.10. The lowest BCUT2D eigenvalue weighted by molar-refractivity contribution is -0.119. The second kappa shape index (κ2) is 10.3. The standard InChI is InChI=1S/C27H25BrN2O5/c1-15(2)24(25(31)29-23-13-16(26(32)33)11-12-22(23)28)30-27(34)35-14-21-19-9-5-3-7-17(19)18-8-4-6-10-20(18)21/h3-13,15,21,24H,14H2,1-2H3,(H,29,31)(H,30,34)(H,32,33)/t24-/m1/s1. The zero-order chi connectivity index (χ0) is 25.1. The topological polar surface area (TPSA) is 105 Å². The van der Waals surface area contributed by atoms with E-state index in [-0.39, 0.29) is 24.0 Å². The maximum absolute atomic E-state index is 13.0. The van der Waals surface area contributed by atoms with Crippen LogP contribution in [0.5, 0.6) is 0 Å². The summed E-state index contributed by atoms with van der Waals surface area (Å²) in [6.07, 6.45) is -0.695. The molecule has 0 fully saturated rings. The number of alkyl carbamates (subject to hydrolysis) is 1. The first-order valence-corrected chi connectivity index (χ1v) is 12.0. The van der Waals surface area contributed by atoms with Gasteiger partial charge >= 0.3 is 12.1 Å². The Balaban J connectivity index is 1.43. The Morgan fingerprint density at radius 3 is 2.14 bits per heavy atom. The molecule has 7 nitrogen and oxygen atoms in total. The van der Waals surface area contributed by atoms with Gasteiger partial charge in [0.1, 0.15) is 12.6 Å². The van der Waals surface area contributed by atoms with Crippen molar-refractivity contribution < 1.29 is 24.2 Å². The van der Waals surface area contributed by atoms with Crippen molar-refractivity contribution in [3.8, 4) is 11.1 Å². The van der Waals surface area contributed by atoms with Crippen LogP contribution in [0.3, 0.4) is 0 Å². The zero-order valence-corrected chi connectivity index (χ0v) is 20.8. The second-order valence-corrected chi connectivity index (χ2v) is 9.53.